The molecule has 1 aromatic carbocycles. The highest BCUT2D eigenvalue weighted by atomic mass is 16.5. The summed E-state index contributed by atoms with van der Waals surface area (Å²) in [6.45, 7) is 3.60. The van der Waals surface area contributed by atoms with Crippen LogP contribution in [0.25, 0.3) is 0 Å². The molecule has 0 spiro atoms. The number of hydrogen-bond donors (Lipinski definition) is 0. The van der Waals surface area contributed by atoms with Gasteiger partial charge >= 0.3 is 0 Å². The zero-order valence-electron chi connectivity index (χ0n) is 7.87. The van der Waals surface area contributed by atoms with Gasteiger partial charge in [0.15, 0.2) is 0 Å². The third-order valence-electron chi connectivity index (χ3n) is 2.00. The third kappa shape index (κ3) is 1.75. The van der Waals surface area contributed by atoms with Crippen LogP contribution < -0.4 is 9.47 Å². The zero-order valence-corrected chi connectivity index (χ0v) is 7.87. The van der Waals surface area contributed by atoms with E-state index in [1.54, 1.807) is 38.5 Å². The van der Waals surface area contributed by atoms with E-state index >= 15 is 0 Å². The van der Waals surface area contributed by atoms with Gasteiger partial charge in [-0.25, -0.2) is 0 Å². The van der Waals surface area contributed by atoms with E-state index in [1.807, 2.05) is 0 Å². The summed E-state index contributed by atoms with van der Waals surface area (Å²) in [5.41, 5.74) is 1.58. The summed E-state index contributed by atoms with van der Waals surface area (Å²) < 4.78 is 9.44. The summed E-state index contributed by atoms with van der Waals surface area (Å²) in [5.74, 6) is 0.963. The average molecular weight is 188 g/mol. The van der Waals surface area contributed by atoms with Gasteiger partial charge in [-0.1, -0.05) is 0 Å². The number of rotatable bonds is 2. The molecule has 0 aromatic heterocycles. The van der Waals surface area contributed by atoms with Crippen molar-refractivity contribution in [3.8, 4) is 24.0 Å². The van der Waals surface area contributed by atoms with Crippen molar-refractivity contribution in [3.05, 3.63) is 23.3 Å². The summed E-state index contributed by atoms with van der Waals surface area (Å²) >= 11 is 0. The fourth-order valence-corrected chi connectivity index (χ4v) is 1.09. The molecule has 0 aliphatic rings. The second kappa shape index (κ2) is 4.15. The molecule has 0 atom stereocenters. The molecular weight excluding hydrogens is 180 g/mol. The van der Waals surface area contributed by atoms with E-state index in [4.69, 9.17) is 20.0 Å². The van der Waals surface area contributed by atoms with E-state index in [9.17, 15) is 0 Å². The molecule has 0 bridgehead atoms. The molecule has 0 unspecified atom stereocenters. The van der Waals surface area contributed by atoms with Crippen molar-refractivity contribution < 1.29 is 9.47 Å². The minimum Gasteiger partial charge on any atom is -0.388 e. The number of nitrogens with zero attached hydrogens (tertiary/aromatic N) is 2. The molecule has 0 heterocycles. The second-order valence-electron chi connectivity index (χ2n) is 2.70. The van der Waals surface area contributed by atoms with Gasteiger partial charge in [0.25, 0.3) is 12.5 Å². The fourth-order valence-electron chi connectivity index (χ4n) is 1.09. The zero-order chi connectivity index (χ0) is 10.6. The molecule has 4 heteroatoms. The SMILES string of the molecule is Cc1c(OC#N)ccc(OC#N)c1C. The Balaban J connectivity index is 3.15. The maximum atomic E-state index is 8.35. The smallest absolute Gasteiger partial charge is 0.292 e. The lowest BCUT2D eigenvalue weighted by atomic mass is 10.1. The Morgan fingerprint density at radius 3 is 1.57 bits per heavy atom. The summed E-state index contributed by atoms with van der Waals surface area (Å²) in [6.07, 6.45) is 3.20. The highest BCUT2D eigenvalue weighted by Gasteiger charge is 2.08. The molecule has 4 nitrogen and oxygen atoms in total. The van der Waals surface area contributed by atoms with Crippen LogP contribution in [0.1, 0.15) is 11.1 Å². The Labute approximate surface area is 81.9 Å². The molecule has 0 aliphatic carbocycles. The van der Waals surface area contributed by atoms with Crippen LogP contribution in [0.2, 0.25) is 0 Å². The Morgan fingerprint density at radius 2 is 1.29 bits per heavy atom. The van der Waals surface area contributed by atoms with Crippen LogP contribution in [-0.4, -0.2) is 0 Å². The van der Waals surface area contributed by atoms with Crippen LogP contribution >= 0.6 is 0 Å². The van der Waals surface area contributed by atoms with Crippen molar-refractivity contribution in [2.45, 2.75) is 13.8 Å². The molecule has 0 saturated carbocycles. The van der Waals surface area contributed by atoms with Crippen molar-refractivity contribution >= 4 is 0 Å². The Bertz CT molecular complexity index is 386. The van der Waals surface area contributed by atoms with Gasteiger partial charge in [-0.15, -0.1) is 10.5 Å². The van der Waals surface area contributed by atoms with Crippen LogP contribution in [0, 0.1) is 36.9 Å². The highest BCUT2D eigenvalue weighted by Crippen LogP contribution is 2.28. The van der Waals surface area contributed by atoms with Crippen molar-refractivity contribution in [2.75, 3.05) is 0 Å². The van der Waals surface area contributed by atoms with Crippen molar-refractivity contribution in [1.29, 1.82) is 10.5 Å². The van der Waals surface area contributed by atoms with Crippen molar-refractivity contribution in [3.63, 3.8) is 0 Å². The van der Waals surface area contributed by atoms with E-state index in [0.29, 0.717) is 11.5 Å². The van der Waals surface area contributed by atoms with Crippen molar-refractivity contribution in [1.82, 2.24) is 0 Å². The van der Waals surface area contributed by atoms with Gasteiger partial charge in [0.05, 0.1) is 0 Å². The van der Waals surface area contributed by atoms with Crippen LogP contribution in [0.4, 0.5) is 0 Å². The Morgan fingerprint density at radius 1 is 0.929 bits per heavy atom. The summed E-state index contributed by atoms with van der Waals surface area (Å²) in [7, 11) is 0. The van der Waals surface area contributed by atoms with Crippen LogP contribution in [0.5, 0.6) is 11.5 Å². The monoisotopic (exact) mass is 188 g/mol. The molecule has 70 valence electrons. The first kappa shape index (κ1) is 9.88. The lowest BCUT2D eigenvalue weighted by Gasteiger charge is -2.07. The molecule has 0 N–H and O–H groups in total. The molecule has 0 fully saturated rings. The van der Waals surface area contributed by atoms with E-state index < -0.39 is 0 Å². The minimum absolute atomic E-state index is 0.482. The number of hydrogen-bond acceptors (Lipinski definition) is 4. The van der Waals surface area contributed by atoms with E-state index in [2.05, 4.69) is 0 Å². The van der Waals surface area contributed by atoms with Gasteiger partial charge in [-0.3, -0.25) is 0 Å². The van der Waals surface area contributed by atoms with Gasteiger partial charge in [0.1, 0.15) is 11.5 Å². The van der Waals surface area contributed by atoms with E-state index in [1.165, 1.54) is 0 Å². The molecular formula is C10H8N2O2. The molecule has 0 aliphatic heterocycles. The first-order chi connectivity index (χ1) is 6.70. The fraction of sp³-hybridized carbons (Fsp3) is 0.200. The van der Waals surface area contributed by atoms with E-state index in [-0.39, 0.29) is 0 Å². The van der Waals surface area contributed by atoms with Gasteiger partial charge in [0.2, 0.25) is 0 Å². The maximum absolute atomic E-state index is 8.35. The summed E-state index contributed by atoms with van der Waals surface area (Å²) in [5, 5.41) is 16.7. The van der Waals surface area contributed by atoms with Gasteiger partial charge in [-0.05, 0) is 37.1 Å². The van der Waals surface area contributed by atoms with Gasteiger partial charge in [0, 0.05) is 0 Å². The first-order valence-electron chi connectivity index (χ1n) is 3.92. The molecule has 0 radical (unpaired) electrons. The van der Waals surface area contributed by atoms with Crippen LogP contribution in [-0.2, 0) is 0 Å². The highest BCUT2D eigenvalue weighted by molar-refractivity contribution is 5.47. The summed E-state index contributed by atoms with van der Waals surface area (Å²) in [4.78, 5) is 0. The number of nitriles is 2. The Kier molecular flexibility index (Phi) is 2.93. The standard InChI is InChI=1S/C10H8N2O2/c1-7-8(2)10(14-6-12)4-3-9(7)13-5-11/h3-4H,1-2H3. The van der Waals surface area contributed by atoms with Crippen LogP contribution in [0.15, 0.2) is 12.1 Å². The second-order valence-corrected chi connectivity index (χ2v) is 2.70. The topological polar surface area (TPSA) is 66.0 Å². The predicted molar refractivity (Wildman–Crippen MR) is 48.4 cm³/mol. The third-order valence-corrected chi connectivity index (χ3v) is 2.00. The van der Waals surface area contributed by atoms with Gasteiger partial charge in [-0.2, -0.15) is 0 Å². The first-order valence-corrected chi connectivity index (χ1v) is 3.92. The lowest BCUT2D eigenvalue weighted by molar-refractivity contribution is 0.486. The molecule has 1 aromatic rings. The molecule has 1 rings (SSSR count). The van der Waals surface area contributed by atoms with Gasteiger partial charge < -0.3 is 9.47 Å². The molecule has 0 amide bonds. The minimum atomic E-state index is 0.482. The number of ether oxygens (including phenoxy) is 2. The predicted octanol–water partition coefficient (Wildman–Crippen LogP) is 2.02. The average Bonchev–Trinajstić information content (AvgIpc) is 2.18. The van der Waals surface area contributed by atoms with E-state index in [0.717, 1.165) is 11.1 Å². The normalized spacial score (nSPS) is 8.57. The van der Waals surface area contributed by atoms with Crippen molar-refractivity contribution in [2.24, 2.45) is 0 Å². The quantitative estimate of drug-likeness (QED) is 0.666. The number of benzene rings is 1. The maximum Gasteiger partial charge on any atom is 0.292 e. The lowest BCUT2D eigenvalue weighted by Crippen LogP contribution is -1.93. The van der Waals surface area contributed by atoms with Crippen LogP contribution in [0.3, 0.4) is 0 Å². The molecule has 0 saturated heterocycles. The molecule has 14 heavy (non-hydrogen) atoms. The largest absolute Gasteiger partial charge is 0.388 e. The summed E-state index contributed by atoms with van der Waals surface area (Å²) in [6, 6.07) is 3.19. The Hall–Kier alpha value is -2.20.